The molecule has 4 aromatic rings. The second-order valence-electron chi connectivity index (χ2n) is 5.86. The summed E-state index contributed by atoms with van der Waals surface area (Å²) in [4.78, 5) is 17.5. The number of benzene rings is 3. The van der Waals surface area contributed by atoms with E-state index < -0.39 is 0 Å². The van der Waals surface area contributed by atoms with Crippen LogP contribution < -0.4 is 5.32 Å². The van der Waals surface area contributed by atoms with Gasteiger partial charge in [0.05, 0.1) is 10.6 Å². The zero-order chi connectivity index (χ0) is 18.6. The first-order chi connectivity index (χ1) is 13.2. The molecule has 0 aliphatic rings. The molecule has 1 heterocycles. The van der Waals surface area contributed by atoms with Crippen molar-refractivity contribution in [3.05, 3.63) is 95.5 Å². The smallest absolute Gasteiger partial charge is 0.257 e. The van der Waals surface area contributed by atoms with E-state index in [0.29, 0.717) is 15.6 Å². The van der Waals surface area contributed by atoms with Gasteiger partial charge in [0.25, 0.3) is 5.91 Å². The lowest BCUT2D eigenvalue weighted by atomic mass is 10.1. The SMILES string of the molecule is O=C(Nc1sc(-c2ccccc2)nc1-c1ccccc1)c1ccccc1Cl. The van der Waals surface area contributed by atoms with Gasteiger partial charge in [0.2, 0.25) is 0 Å². The van der Waals surface area contributed by atoms with E-state index in [2.05, 4.69) is 5.32 Å². The fourth-order valence-electron chi connectivity index (χ4n) is 2.72. The molecule has 3 aromatic carbocycles. The summed E-state index contributed by atoms with van der Waals surface area (Å²) in [6.45, 7) is 0. The number of carbonyl (C=O) groups is 1. The van der Waals surface area contributed by atoms with Gasteiger partial charge in [0, 0.05) is 11.1 Å². The molecule has 0 fully saturated rings. The van der Waals surface area contributed by atoms with Gasteiger partial charge in [-0.15, -0.1) is 0 Å². The van der Waals surface area contributed by atoms with E-state index in [-0.39, 0.29) is 5.91 Å². The highest BCUT2D eigenvalue weighted by molar-refractivity contribution is 7.19. The number of hydrogen-bond acceptors (Lipinski definition) is 3. The van der Waals surface area contributed by atoms with Gasteiger partial charge >= 0.3 is 0 Å². The largest absolute Gasteiger partial charge is 0.312 e. The monoisotopic (exact) mass is 390 g/mol. The summed E-state index contributed by atoms with van der Waals surface area (Å²) < 4.78 is 0. The van der Waals surface area contributed by atoms with Crippen molar-refractivity contribution >= 4 is 33.8 Å². The minimum atomic E-state index is -0.249. The van der Waals surface area contributed by atoms with Crippen molar-refractivity contribution in [2.75, 3.05) is 5.32 Å². The Balaban J connectivity index is 1.76. The van der Waals surface area contributed by atoms with Crippen LogP contribution in [0.2, 0.25) is 5.02 Å². The average molecular weight is 391 g/mol. The molecule has 1 aromatic heterocycles. The van der Waals surface area contributed by atoms with Gasteiger partial charge in [0.15, 0.2) is 0 Å². The number of anilines is 1. The summed E-state index contributed by atoms with van der Waals surface area (Å²) in [6.07, 6.45) is 0. The van der Waals surface area contributed by atoms with Crippen molar-refractivity contribution < 1.29 is 4.79 Å². The number of thiazole rings is 1. The van der Waals surface area contributed by atoms with Gasteiger partial charge in [-0.3, -0.25) is 4.79 Å². The van der Waals surface area contributed by atoms with Gasteiger partial charge in [-0.25, -0.2) is 4.98 Å². The molecule has 0 aliphatic heterocycles. The van der Waals surface area contributed by atoms with Crippen LogP contribution in [0, 0.1) is 0 Å². The van der Waals surface area contributed by atoms with Crippen LogP contribution in [0.3, 0.4) is 0 Å². The molecule has 0 bridgehead atoms. The molecule has 132 valence electrons. The molecule has 4 rings (SSSR count). The predicted molar refractivity (Wildman–Crippen MR) is 112 cm³/mol. The summed E-state index contributed by atoms with van der Waals surface area (Å²) in [5, 5.41) is 4.96. The Kier molecular flexibility index (Phi) is 5.01. The molecule has 3 nitrogen and oxygen atoms in total. The number of rotatable bonds is 4. The van der Waals surface area contributed by atoms with Gasteiger partial charge in [-0.05, 0) is 12.1 Å². The van der Waals surface area contributed by atoms with Crippen molar-refractivity contribution in [1.29, 1.82) is 0 Å². The van der Waals surface area contributed by atoms with Gasteiger partial charge < -0.3 is 5.32 Å². The molecule has 0 aliphatic carbocycles. The van der Waals surface area contributed by atoms with Crippen LogP contribution >= 0.6 is 22.9 Å². The highest BCUT2D eigenvalue weighted by Crippen LogP contribution is 2.38. The van der Waals surface area contributed by atoms with Crippen LogP contribution in [0.5, 0.6) is 0 Å². The number of hydrogen-bond donors (Lipinski definition) is 1. The number of carbonyl (C=O) groups excluding carboxylic acids is 1. The van der Waals surface area contributed by atoms with Gasteiger partial charge in [-0.1, -0.05) is 95.7 Å². The van der Waals surface area contributed by atoms with E-state index in [1.165, 1.54) is 11.3 Å². The highest BCUT2D eigenvalue weighted by Gasteiger charge is 2.18. The quantitative estimate of drug-likeness (QED) is 0.439. The Morgan fingerprint density at radius 1 is 0.815 bits per heavy atom. The predicted octanol–water partition coefficient (Wildman–Crippen LogP) is 6.38. The highest BCUT2D eigenvalue weighted by atomic mass is 35.5. The van der Waals surface area contributed by atoms with Crippen molar-refractivity contribution in [2.45, 2.75) is 0 Å². The normalized spacial score (nSPS) is 10.6. The summed E-state index contributed by atoms with van der Waals surface area (Å²) in [5.74, 6) is -0.249. The maximum atomic E-state index is 12.7. The fraction of sp³-hybridized carbons (Fsp3) is 0. The third-order valence-corrected chi connectivity index (χ3v) is 5.39. The topological polar surface area (TPSA) is 42.0 Å². The molecule has 0 atom stereocenters. The molecule has 0 saturated heterocycles. The lowest BCUT2D eigenvalue weighted by molar-refractivity contribution is 0.102. The minimum absolute atomic E-state index is 0.249. The van der Waals surface area contributed by atoms with Crippen molar-refractivity contribution in [3.8, 4) is 21.8 Å². The molecule has 1 N–H and O–H groups in total. The zero-order valence-corrected chi connectivity index (χ0v) is 15.8. The minimum Gasteiger partial charge on any atom is -0.312 e. The van der Waals surface area contributed by atoms with Crippen molar-refractivity contribution in [1.82, 2.24) is 4.98 Å². The van der Waals surface area contributed by atoms with Crippen LogP contribution in [0.1, 0.15) is 10.4 Å². The molecule has 0 unspecified atom stereocenters. The first-order valence-corrected chi connectivity index (χ1v) is 9.59. The fourth-order valence-corrected chi connectivity index (χ4v) is 3.93. The number of amides is 1. The maximum absolute atomic E-state index is 12.7. The lowest BCUT2D eigenvalue weighted by Gasteiger charge is -2.06. The van der Waals surface area contributed by atoms with Crippen molar-refractivity contribution in [3.63, 3.8) is 0 Å². The Morgan fingerprint density at radius 3 is 2.07 bits per heavy atom. The number of halogens is 1. The van der Waals surface area contributed by atoms with Crippen LogP contribution in [-0.4, -0.2) is 10.9 Å². The Hall–Kier alpha value is -2.95. The molecular weight excluding hydrogens is 376 g/mol. The van der Waals surface area contributed by atoms with Crippen LogP contribution in [0.15, 0.2) is 84.9 Å². The number of nitrogens with one attached hydrogen (secondary N) is 1. The van der Waals surface area contributed by atoms with Crippen LogP contribution in [-0.2, 0) is 0 Å². The molecule has 0 saturated carbocycles. The van der Waals surface area contributed by atoms with Crippen LogP contribution in [0.4, 0.5) is 5.00 Å². The summed E-state index contributed by atoms with van der Waals surface area (Å²) in [5.41, 5.74) is 3.15. The Morgan fingerprint density at radius 2 is 1.41 bits per heavy atom. The van der Waals surface area contributed by atoms with E-state index in [0.717, 1.165) is 21.8 Å². The second kappa shape index (κ2) is 7.74. The van der Waals surface area contributed by atoms with E-state index in [4.69, 9.17) is 16.6 Å². The molecule has 27 heavy (non-hydrogen) atoms. The van der Waals surface area contributed by atoms with Gasteiger partial charge in [0.1, 0.15) is 15.7 Å². The lowest BCUT2D eigenvalue weighted by Crippen LogP contribution is -2.12. The molecular formula is C22H15ClN2OS. The molecule has 0 radical (unpaired) electrons. The first-order valence-electron chi connectivity index (χ1n) is 8.40. The first kappa shape index (κ1) is 17.5. The summed E-state index contributed by atoms with van der Waals surface area (Å²) in [6, 6.07) is 26.8. The summed E-state index contributed by atoms with van der Waals surface area (Å²) >= 11 is 7.62. The average Bonchev–Trinajstić information content (AvgIpc) is 3.13. The molecule has 0 spiro atoms. The van der Waals surface area contributed by atoms with Gasteiger partial charge in [-0.2, -0.15) is 0 Å². The molecule has 5 heteroatoms. The third kappa shape index (κ3) is 3.77. The maximum Gasteiger partial charge on any atom is 0.257 e. The summed E-state index contributed by atoms with van der Waals surface area (Å²) in [7, 11) is 0. The second-order valence-corrected chi connectivity index (χ2v) is 7.27. The van der Waals surface area contributed by atoms with E-state index in [1.807, 2.05) is 60.7 Å². The molecule has 1 amide bonds. The van der Waals surface area contributed by atoms with E-state index in [9.17, 15) is 4.79 Å². The van der Waals surface area contributed by atoms with E-state index in [1.54, 1.807) is 24.3 Å². The third-order valence-electron chi connectivity index (χ3n) is 4.04. The van der Waals surface area contributed by atoms with Crippen LogP contribution in [0.25, 0.3) is 21.8 Å². The zero-order valence-electron chi connectivity index (χ0n) is 14.2. The number of nitrogens with zero attached hydrogens (tertiary/aromatic N) is 1. The Bertz CT molecular complexity index is 1080. The van der Waals surface area contributed by atoms with E-state index >= 15 is 0 Å². The number of aromatic nitrogens is 1. The van der Waals surface area contributed by atoms with Crippen molar-refractivity contribution in [2.24, 2.45) is 0 Å². The standard InChI is InChI=1S/C22H15ClN2OS/c23-18-14-8-7-13-17(18)20(26)25-22-19(15-9-3-1-4-10-15)24-21(27-22)16-11-5-2-6-12-16/h1-14H,(H,25,26). The Labute approximate surface area is 166 Å².